The minimum Gasteiger partial charge on any atom is -0.337 e. The molecule has 0 radical (unpaired) electrons. The Balaban J connectivity index is 1.69. The number of alkyl halides is 2. The molecule has 0 bridgehead atoms. The smallest absolute Gasteiger partial charge is 0.333 e. The third-order valence-corrected chi connectivity index (χ3v) is 3.15. The van der Waals surface area contributed by atoms with Crippen LogP contribution in [0, 0.1) is 0 Å². The molecule has 0 saturated heterocycles. The van der Waals surface area contributed by atoms with Gasteiger partial charge in [-0.05, 0) is 18.2 Å². The summed E-state index contributed by atoms with van der Waals surface area (Å²) in [4.78, 5) is 21.5. The lowest BCUT2D eigenvalue weighted by Gasteiger charge is -2.12. The van der Waals surface area contributed by atoms with Gasteiger partial charge in [0, 0.05) is 31.2 Å². The highest BCUT2D eigenvalue weighted by molar-refractivity contribution is 5.91. The van der Waals surface area contributed by atoms with Crippen LogP contribution in [0.25, 0.3) is 11.4 Å². The Morgan fingerprint density at radius 1 is 1.33 bits per heavy atom. The zero-order valence-electron chi connectivity index (χ0n) is 12.5. The highest BCUT2D eigenvalue weighted by Gasteiger charge is 2.19. The number of hydrogen-bond acceptors (Lipinski definition) is 6. The first-order chi connectivity index (χ1) is 11.5. The highest BCUT2D eigenvalue weighted by Crippen LogP contribution is 2.15. The van der Waals surface area contributed by atoms with E-state index < -0.39 is 12.5 Å². The molecule has 8 nitrogen and oxygen atoms in total. The molecule has 10 heteroatoms. The normalized spacial score (nSPS) is 11.0. The molecule has 0 aromatic carbocycles. The monoisotopic (exact) mass is 334 g/mol. The number of carbonyl (C=O) groups is 1. The average molecular weight is 334 g/mol. The van der Waals surface area contributed by atoms with Crippen LogP contribution >= 0.6 is 0 Å². The van der Waals surface area contributed by atoms with E-state index >= 15 is 0 Å². The van der Waals surface area contributed by atoms with E-state index in [0.717, 1.165) is 11.8 Å². The average Bonchev–Trinajstić information content (AvgIpc) is 3.24. The quantitative estimate of drug-likeness (QED) is 0.709. The van der Waals surface area contributed by atoms with Gasteiger partial charge in [-0.3, -0.25) is 9.78 Å². The first-order valence-corrected chi connectivity index (χ1v) is 6.86. The van der Waals surface area contributed by atoms with Crippen molar-refractivity contribution in [1.82, 2.24) is 29.8 Å². The van der Waals surface area contributed by atoms with Crippen molar-refractivity contribution in [3.63, 3.8) is 0 Å². The van der Waals surface area contributed by atoms with Crippen LogP contribution in [0.15, 0.2) is 41.3 Å². The van der Waals surface area contributed by atoms with Crippen LogP contribution in [0.5, 0.6) is 0 Å². The standard InChI is InChI=1S/C14H12F2N6O2/c1-21(13(23)10-4-7-22(19-10)14(15)16)8-11-18-12(20-24-11)9-2-5-17-6-3-9/h2-7,14H,8H2,1H3. The summed E-state index contributed by atoms with van der Waals surface area (Å²) in [7, 11) is 1.49. The molecule has 0 unspecified atom stereocenters. The molecule has 0 aliphatic rings. The fraction of sp³-hybridized carbons (Fsp3) is 0.214. The molecule has 0 saturated carbocycles. The number of hydrogen-bond donors (Lipinski definition) is 0. The number of pyridine rings is 1. The van der Waals surface area contributed by atoms with E-state index in [1.807, 2.05) is 0 Å². The van der Waals surface area contributed by atoms with Gasteiger partial charge in [0.2, 0.25) is 11.7 Å². The minimum absolute atomic E-state index is 0.0262. The summed E-state index contributed by atoms with van der Waals surface area (Å²) in [6.45, 7) is -2.77. The van der Waals surface area contributed by atoms with Crippen LogP contribution < -0.4 is 0 Å². The largest absolute Gasteiger partial charge is 0.337 e. The Hall–Kier alpha value is -3.17. The van der Waals surface area contributed by atoms with Gasteiger partial charge in [0.15, 0.2) is 5.69 Å². The molecule has 3 aromatic heterocycles. The summed E-state index contributed by atoms with van der Waals surface area (Å²) in [5.74, 6) is 0.0549. The molecule has 124 valence electrons. The molecule has 3 heterocycles. The van der Waals surface area contributed by atoms with E-state index in [9.17, 15) is 13.6 Å². The Kier molecular flexibility index (Phi) is 4.27. The number of rotatable bonds is 5. The fourth-order valence-corrected chi connectivity index (χ4v) is 1.97. The topological polar surface area (TPSA) is 89.9 Å². The molecular weight excluding hydrogens is 322 g/mol. The molecular formula is C14H12F2N6O2. The third kappa shape index (κ3) is 3.26. The van der Waals surface area contributed by atoms with Gasteiger partial charge in [0.25, 0.3) is 5.91 Å². The Bertz CT molecular complexity index is 833. The van der Waals surface area contributed by atoms with Gasteiger partial charge < -0.3 is 9.42 Å². The molecule has 0 N–H and O–H groups in total. The lowest BCUT2D eigenvalue weighted by atomic mass is 10.2. The van der Waals surface area contributed by atoms with Crippen LogP contribution in [0.4, 0.5) is 8.78 Å². The van der Waals surface area contributed by atoms with Crippen LogP contribution in [-0.2, 0) is 6.54 Å². The summed E-state index contributed by atoms with van der Waals surface area (Å²) < 4.78 is 30.5. The van der Waals surface area contributed by atoms with Crippen molar-refractivity contribution < 1.29 is 18.1 Å². The maximum Gasteiger partial charge on any atom is 0.333 e. The van der Waals surface area contributed by atoms with Gasteiger partial charge in [0.1, 0.15) is 6.54 Å². The fourth-order valence-electron chi connectivity index (χ4n) is 1.97. The zero-order valence-corrected chi connectivity index (χ0v) is 12.5. The molecule has 0 aliphatic heterocycles. The first-order valence-electron chi connectivity index (χ1n) is 6.86. The molecule has 0 spiro atoms. The van der Waals surface area contributed by atoms with Crippen LogP contribution in [-0.4, -0.2) is 42.8 Å². The van der Waals surface area contributed by atoms with Crippen LogP contribution in [0.3, 0.4) is 0 Å². The predicted molar refractivity (Wildman–Crippen MR) is 76.8 cm³/mol. The molecule has 3 rings (SSSR count). The third-order valence-electron chi connectivity index (χ3n) is 3.15. The minimum atomic E-state index is -2.80. The Morgan fingerprint density at radius 3 is 2.75 bits per heavy atom. The van der Waals surface area contributed by atoms with Crippen molar-refractivity contribution in [1.29, 1.82) is 0 Å². The molecule has 0 aliphatic carbocycles. The lowest BCUT2D eigenvalue weighted by molar-refractivity contribution is 0.0552. The zero-order chi connectivity index (χ0) is 17.1. The highest BCUT2D eigenvalue weighted by atomic mass is 19.3. The number of aromatic nitrogens is 5. The second-order valence-electron chi connectivity index (χ2n) is 4.87. The number of carbonyl (C=O) groups excluding carboxylic acids is 1. The second-order valence-corrected chi connectivity index (χ2v) is 4.87. The van der Waals surface area contributed by atoms with Crippen LogP contribution in [0.1, 0.15) is 22.9 Å². The van der Waals surface area contributed by atoms with Crippen molar-refractivity contribution in [2.75, 3.05) is 7.05 Å². The van der Waals surface area contributed by atoms with Crippen molar-refractivity contribution in [3.05, 3.63) is 48.4 Å². The van der Waals surface area contributed by atoms with Gasteiger partial charge >= 0.3 is 6.55 Å². The van der Waals surface area contributed by atoms with E-state index in [1.54, 1.807) is 24.5 Å². The van der Waals surface area contributed by atoms with Crippen LogP contribution in [0.2, 0.25) is 0 Å². The Labute approximate surface area is 134 Å². The maximum absolute atomic E-state index is 12.5. The molecule has 24 heavy (non-hydrogen) atoms. The summed E-state index contributed by atoms with van der Waals surface area (Å²) >= 11 is 0. The van der Waals surface area contributed by atoms with Crippen molar-refractivity contribution >= 4 is 5.91 Å². The van der Waals surface area contributed by atoms with E-state index in [0.29, 0.717) is 10.5 Å². The van der Waals surface area contributed by atoms with Crippen molar-refractivity contribution in [3.8, 4) is 11.4 Å². The molecule has 0 fully saturated rings. The summed E-state index contributed by atoms with van der Waals surface area (Å²) in [5, 5.41) is 7.36. The number of amides is 1. The first kappa shape index (κ1) is 15.7. The van der Waals surface area contributed by atoms with E-state index in [2.05, 4.69) is 20.2 Å². The summed E-state index contributed by atoms with van der Waals surface area (Å²) in [6, 6.07) is 4.67. The maximum atomic E-state index is 12.5. The molecule has 1 amide bonds. The van der Waals surface area contributed by atoms with E-state index in [-0.39, 0.29) is 18.1 Å². The second kappa shape index (κ2) is 6.52. The molecule has 3 aromatic rings. The van der Waals surface area contributed by atoms with Gasteiger partial charge in [-0.2, -0.15) is 18.9 Å². The SMILES string of the molecule is CN(Cc1nc(-c2ccncc2)no1)C(=O)c1ccn(C(F)F)n1. The van der Waals surface area contributed by atoms with Crippen molar-refractivity contribution in [2.24, 2.45) is 0 Å². The molecule has 0 atom stereocenters. The lowest BCUT2D eigenvalue weighted by Crippen LogP contribution is -2.27. The summed E-state index contributed by atoms with van der Waals surface area (Å²) in [6.07, 6.45) is 4.24. The van der Waals surface area contributed by atoms with Gasteiger partial charge in [0.05, 0.1) is 0 Å². The van der Waals surface area contributed by atoms with Gasteiger partial charge in [-0.15, -0.1) is 0 Å². The predicted octanol–water partition coefficient (Wildman–Crippen LogP) is 2.00. The number of nitrogens with zero attached hydrogens (tertiary/aromatic N) is 6. The van der Waals surface area contributed by atoms with E-state index in [4.69, 9.17) is 4.52 Å². The van der Waals surface area contributed by atoms with E-state index in [1.165, 1.54) is 18.0 Å². The van der Waals surface area contributed by atoms with Gasteiger partial charge in [-0.25, -0.2) is 4.68 Å². The Morgan fingerprint density at radius 2 is 2.08 bits per heavy atom. The van der Waals surface area contributed by atoms with Crippen molar-refractivity contribution in [2.45, 2.75) is 13.1 Å². The summed E-state index contributed by atoms with van der Waals surface area (Å²) in [5.41, 5.74) is 0.635. The number of halogens is 2. The van der Waals surface area contributed by atoms with Gasteiger partial charge in [-0.1, -0.05) is 5.16 Å².